The van der Waals surface area contributed by atoms with Gasteiger partial charge in [-0.05, 0) is 36.6 Å². The quantitative estimate of drug-likeness (QED) is 0.596. The molecule has 0 aromatic carbocycles. The number of nitrogens with two attached hydrogens (primary N) is 1. The van der Waals surface area contributed by atoms with Crippen LogP contribution in [0.5, 0.6) is 0 Å². The monoisotopic (exact) mass is 201 g/mol. The topological polar surface area (TPSA) is 35.2 Å². The highest BCUT2D eigenvalue weighted by Crippen LogP contribution is 2.10. The fraction of sp³-hybridized carbons (Fsp3) is 0.375. The molecule has 0 aliphatic rings. The minimum absolute atomic E-state index is 0.582. The van der Waals surface area contributed by atoms with Crippen molar-refractivity contribution in [3.05, 3.63) is 22.4 Å². The minimum atomic E-state index is 0.582. The molecule has 4 heteroatoms. The van der Waals surface area contributed by atoms with Gasteiger partial charge in [-0.25, -0.2) is 0 Å². The molecule has 0 aliphatic heterocycles. The van der Waals surface area contributed by atoms with Gasteiger partial charge in [0.25, 0.3) is 0 Å². The fourth-order valence-electron chi connectivity index (χ4n) is 0.714. The molecule has 0 saturated heterocycles. The van der Waals surface area contributed by atoms with Gasteiger partial charge < -0.3 is 10.5 Å². The molecule has 0 radical (unpaired) electrons. The molecule has 2 N–H and O–H groups in total. The molecule has 0 fully saturated rings. The smallest absolute Gasteiger partial charge is 0.201 e. The molecule has 0 aliphatic carbocycles. The summed E-state index contributed by atoms with van der Waals surface area (Å²) >= 11 is 6.63. The molecule has 1 rings (SSSR count). The molecule has 2 nitrogen and oxygen atoms in total. The van der Waals surface area contributed by atoms with Crippen molar-refractivity contribution in [1.29, 1.82) is 0 Å². The third kappa shape index (κ3) is 2.89. The maximum atomic E-state index is 5.31. The van der Waals surface area contributed by atoms with Gasteiger partial charge in [-0.2, -0.15) is 0 Å². The van der Waals surface area contributed by atoms with Gasteiger partial charge >= 0.3 is 0 Å². The molecular weight excluding hydrogens is 190 g/mol. The second kappa shape index (κ2) is 5.24. The number of ether oxygens (including phenoxy) is 1. The molecule has 1 heterocycles. The Morgan fingerprint density at radius 3 is 3.08 bits per heavy atom. The van der Waals surface area contributed by atoms with Crippen LogP contribution in [0.2, 0.25) is 0 Å². The van der Waals surface area contributed by atoms with E-state index in [1.54, 1.807) is 11.3 Å². The van der Waals surface area contributed by atoms with E-state index in [2.05, 4.69) is 0 Å². The zero-order chi connectivity index (χ0) is 8.81. The Labute approximate surface area is 81.3 Å². The van der Waals surface area contributed by atoms with E-state index in [-0.39, 0.29) is 0 Å². The lowest BCUT2D eigenvalue weighted by Gasteiger charge is -2.03. The van der Waals surface area contributed by atoms with Gasteiger partial charge in [-0.1, -0.05) is 6.07 Å². The molecule has 0 saturated carbocycles. The second-order valence-electron chi connectivity index (χ2n) is 2.26. The minimum Gasteiger partial charge on any atom is -0.482 e. The number of hydrogen-bond donors (Lipinski definition) is 1. The summed E-state index contributed by atoms with van der Waals surface area (Å²) in [7, 11) is 0. The molecule has 1 aromatic heterocycles. The highest BCUT2D eigenvalue weighted by atomic mass is 32.1. The third-order valence-electron chi connectivity index (χ3n) is 1.30. The largest absolute Gasteiger partial charge is 0.482 e. The lowest BCUT2D eigenvalue weighted by Crippen LogP contribution is -2.08. The normalized spacial score (nSPS) is 9.75. The number of rotatable bonds is 4. The molecule has 1 aromatic rings. The first-order chi connectivity index (χ1) is 5.84. The maximum absolute atomic E-state index is 5.31. The van der Waals surface area contributed by atoms with Crippen molar-refractivity contribution in [3.8, 4) is 0 Å². The summed E-state index contributed by atoms with van der Waals surface area (Å²) in [6.07, 6.45) is 0.853. The van der Waals surface area contributed by atoms with E-state index in [1.165, 1.54) is 0 Å². The van der Waals surface area contributed by atoms with E-state index in [0.717, 1.165) is 11.3 Å². The summed E-state index contributed by atoms with van der Waals surface area (Å²) < 4.78 is 5.29. The zero-order valence-corrected chi connectivity index (χ0v) is 8.29. The second-order valence-corrected chi connectivity index (χ2v) is 3.57. The van der Waals surface area contributed by atoms with Crippen LogP contribution in [0.25, 0.3) is 0 Å². The first-order valence-corrected chi connectivity index (χ1v) is 5.04. The van der Waals surface area contributed by atoms with Crippen molar-refractivity contribution in [3.63, 3.8) is 0 Å². The van der Waals surface area contributed by atoms with Crippen LogP contribution in [0.1, 0.15) is 11.3 Å². The lowest BCUT2D eigenvalue weighted by molar-refractivity contribution is 0.310. The Bertz CT molecular complexity index is 233. The van der Waals surface area contributed by atoms with Gasteiger partial charge in [0.1, 0.15) is 0 Å². The molecule has 0 bridgehead atoms. The lowest BCUT2D eigenvalue weighted by atomic mass is 10.4. The predicted octanol–water partition coefficient (Wildman–Crippen LogP) is 1.79. The van der Waals surface area contributed by atoms with Crippen LogP contribution in [0, 0.1) is 0 Å². The van der Waals surface area contributed by atoms with E-state index in [9.17, 15) is 0 Å². The summed E-state index contributed by atoms with van der Waals surface area (Å²) in [6.45, 7) is 1.26. The van der Waals surface area contributed by atoms with E-state index < -0.39 is 0 Å². The van der Waals surface area contributed by atoms with Crippen molar-refractivity contribution in [2.45, 2.75) is 6.42 Å². The van der Waals surface area contributed by atoms with Crippen LogP contribution < -0.4 is 5.73 Å². The van der Waals surface area contributed by atoms with E-state index in [1.807, 2.05) is 17.5 Å². The van der Waals surface area contributed by atoms with Crippen molar-refractivity contribution in [1.82, 2.24) is 0 Å². The van der Waals surface area contributed by atoms with Gasteiger partial charge in [0.2, 0.25) is 5.05 Å². The molecule has 0 amide bonds. The van der Waals surface area contributed by atoms with Crippen LogP contribution in [0.4, 0.5) is 0 Å². The van der Waals surface area contributed by atoms with Crippen molar-refractivity contribution in [2.75, 3.05) is 13.2 Å². The Morgan fingerprint density at radius 2 is 2.50 bits per heavy atom. The van der Waals surface area contributed by atoms with Crippen molar-refractivity contribution >= 4 is 28.6 Å². The number of thiophene rings is 1. The highest BCUT2D eigenvalue weighted by Gasteiger charge is 2.01. The zero-order valence-electron chi connectivity index (χ0n) is 6.66. The van der Waals surface area contributed by atoms with Gasteiger partial charge in [0, 0.05) is 0 Å². The summed E-state index contributed by atoms with van der Waals surface area (Å²) in [5.74, 6) is 0. The van der Waals surface area contributed by atoms with E-state index in [4.69, 9.17) is 22.7 Å². The van der Waals surface area contributed by atoms with Gasteiger partial charge in [-0.3, -0.25) is 0 Å². The Kier molecular flexibility index (Phi) is 4.21. The van der Waals surface area contributed by atoms with E-state index in [0.29, 0.717) is 18.2 Å². The predicted molar refractivity (Wildman–Crippen MR) is 55.6 cm³/mol. The van der Waals surface area contributed by atoms with Crippen LogP contribution in [-0.2, 0) is 4.74 Å². The molecule has 12 heavy (non-hydrogen) atoms. The van der Waals surface area contributed by atoms with Gasteiger partial charge in [-0.15, -0.1) is 11.3 Å². The summed E-state index contributed by atoms with van der Waals surface area (Å²) in [5.41, 5.74) is 5.31. The first kappa shape index (κ1) is 9.64. The summed E-state index contributed by atoms with van der Waals surface area (Å²) in [5, 5.41) is 2.56. The average molecular weight is 201 g/mol. The molecule has 0 atom stereocenters. The Balaban J connectivity index is 2.30. The molecule has 0 unspecified atom stereocenters. The standard InChI is InChI=1S/C8H11NOS2/c9-4-2-5-10-8(11)7-3-1-6-12-7/h1,3,6H,2,4-5,9H2. The van der Waals surface area contributed by atoms with Crippen molar-refractivity contribution < 1.29 is 4.74 Å². The Hall–Kier alpha value is -0.450. The SMILES string of the molecule is NCCCOC(=S)c1cccs1. The molecule has 0 spiro atoms. The Morgan fingerprint density at radius 1 is 1.67 bits per heavy atom. The maximum Gasteiger partial charge on any atom is 0.201 e. The van der Waals surface area contributed by atoms with E-state index >= 15 is 0 Å². The first-order valence-electron chi connectivity index (χ1n) is 3.75. The van der Waals surface area contributed by atoms with Crippen LogP contribution in [0.3, 0.4) is 0 Å². The van der Waals surface area contributed by atoms with Gasteiger partial charge in [0.05, 0.1) is 11.5 Å². The van der Waals surface area contributed by atoms with Crippen molar-refractivity contribution in [2.24, 2.45) is 5.73 Å². The number of hydrogen-bond acceptors (Lipinski definition) is 4. The number of thiocarbonyl (C=S) groups is 1. The third-order valence-corrected chi connectivity index (χ3v) is 2.64. The summed E-state index contributed by atoms with van der Waals surface area (Å²) in [6, 6.07) is 3.91. The van der Waals surface area contributed by atoms with Gasteiger partial charge in [0.15, 0.2) is 0 Å². The molecule has 66 valence electrons. The van der Waals surface area contributed by atoms with Crippen LogP contribution in [0.15, 0.2) is 17.5 Å². The highest BCUT2D eigenvalue weighted by molar-refractivity contribution is 7.80. The fourth-order valence-corrected chi connectivity index (χ4v) is 1.63. The van der Waals surface area contributed by atoms with Crippen LogP contribution >= 0.6 is 23.6 Å². The molecular formula is C8H11NOS2. The van der Waals surface area contributed by atoms with Crippen LogP contribution in [-0.4, -0.2) is 18.2 Å². The summed E-state index contributed by atoms with van der Waals surface area (Å²) in [4.78, 5) is 1.02. The average Bonchev–Trinajstić information content (AvgIpc) is 2.56.